The molecular weight excluding hydrogens is 460 g/mol. The second kappa shape index (κ2) is 10.8. The van der Waals surface area contributed by atoms with E-state index in [4.69, 9.17) is 16.3 Å². The van der Waals surface area contributed by atoms with Crippen LogP contribution in [0.5, 0.6) is 5.75 Å². The Morgan fingerprint density at radius 1 is 1.15 bits per heavy atom. The Hall–Kier alpha value is -3.69. The molecule has 33 heavy (non-hydrogen) atoms. The van der Waals surface area contributed by atoms with Crippen molar-refractivity contribution < 1.29 is 9.53 Å². The van der Waals surface area contributed by atoms with Crippen molar-refractivity contribution in [3.05, 3.63) is 83.6 Å². The molecule has 0 fully saturated rings. The molecular formula is C23H19ClN6O2S. The molecule has 0 aliphatic rings. The summed E-state index contributed by atoms with van der Waals surface area (Å²) in [5, 5.41) is 13.8. The minimum atomic E-state index is -0.267. The number of nitrogens with zero attached hydrogens (tertiary/aromatic N) is 5. The number of hydrogen-bond acceptors (Lipinski definition) is 7. The number of carbonyl (C=O) groups is 1. The van der Waals surface area contributed by atoms with E-state index in [0.29, 0.717) is 16.0 Å². The van der Waals surface area contributed by atoms with Crippen LogP contribution in [0.3, 0.4) is 0 Å². The summed E-state index contributed by atoms with van der Waals surface area (Å²) in [6, 6.07) is 18.5. The number of carbonyl (C=O) groups excluding carboxylic acids is 1. The standard InChI is InChI=1S/C23H19ClN6O2S/c1-32-20-10-4-17(5-11-20)22-28-29-23(30(22)19-8-6-18(24)7-9-19)33-15-21(31)27-26-14-16-3-2-12-25-13-16/h2-14H,15H2,1H3,(H,27,31). The molecule has 8 nitrogen and oxygen atoms in total. The predicted octanol–water partition coefficient (Wildman–Crippen LogP) is 4.23. The Balaban J connectivity index is 1.53. The highest BCUT2D eigenvalue weighted by molar-refractivity contribution is 7.99. The molecule has 4 rings (SSSR count). The van der Waals surface area contributed by atoms with Crippen molar-refractivity contribution >= 4 is 35.5 Å². The van der Waals surface area contributed by atoms with Crippen LogP contribution in [0.15, 0.2) is 83.3 Å². The lowest BCUT2D eigenvalue weighted by molar-refractivity contribution is -0.118. The summed E-state index contributed by atoms with van der Waals surface area (Å²) in [5.74, 6) is 1.22. The Morgan fingerprint density at radius 3 is 2.64 bits per heavy atom. The molecule has 0 saturated carbocycles. The van der Waals surface area contributed by atoms with Gasteiger partial charge in [0.05, 0.1) is 19.1 Å². The minimum absolute atomic E-state index is 0.110. The van der Waals surface area contributed by atoms with E-state index in [1.807, 2.05) is 47.0 Å². The molecule has 0 spiro atoms. The molecule has 0 radical (unpaired) electrons. The number of benzene rings is 2. The SMILES string of the molecule is COc1ccc(-c2nnc(SCC(=O)NN=Cc3cccnc3)n2-c2ccc(Cl)cc2)cc1. The maximum Gasteiger partial charge on any atom is 0.250 e. The van der Waals surface area contributed by atoms with Crippen LogP contribution in [-0.4, -0.2) is 44.7 Å². The highest BCUT2D eigenvalue weighted by Gasteiger charge is 2.17. The molecule has 1 amide bonds. The van der Waals surface area contributed by atoms with Gasteiger partial charge in [0.2, 0.25) is 0 Å². The quantitative estimate of drug-likeness (QED) is 0.231. The second-order valence-electron chi connectivity index (χ2n) is 6.71. The number of pyridine rings is 1. The fourth-order valence-corrected chi connectivity index (χ4v) is 3.78. The third-order valence-electron chi connectivity index (χ3n) is 4.49. The fourth-order valence-electron chi connectivity index (χ4n) is 2.91. The molecule has 0 bridgehead atoms. The van der Waals surface area contributed by atoms with E-state index in [1.165, 1.54) is 18.0 Å². The van der Waals surface area contributed by atoms with E-state index in [1.54, 1.807) is 37.7 Å². The topological polar surface area (TPSA) is 94.3 Å². The largest absolute Gasteiger partial charge is 0.497 e. The van der Waals surface area contributed by atoms with E-state index in [2.05, 4.69) is 25.7 Å². The average Bonchev–Trinajstić information content (AvgIpc) is 3.28. The zero-order valence-electron chi connectivity index (χ0n) is 17.6. The maximum absolute atomic E-state index is 12.3. The number of rotatable bonds is 8. The van der Waals surface area contributed by atoms with Gasteiger partial charge in [-0.1, -0.05) is 29.4 Å². The summed E-state index contributed by atoms with van der Waals surface area (Å²) in [5.41, 5.74) is 4.98. The molecule has 0 unspecified atom stereocenters. The van der Waals surface area contributed by atoms with Gasteiger partial charge < -0.3 is 4.74 Å². The van der Waals surface area contributed by atoms with Crippen LogP contribution in [0.4, 0.5) is 0 Å². The molecule has 166 valence electrons. The van der Waals surface area contributed by atoms with Gasteiger partial charge in [0.1, 0.15) is 5.75 Å². The zero-order chi connectivity index (χ0) is 23.0. The molecule has 0 aliphatic carbocycles. The van der Waals surface area contributed by atoms with E-state index >= 15 is 0 Å². The molecule has 2 heterocycles. The first-order valence-electron chi connectivity index (χ1n) is 9.84. The number of methoxy groups -OCH3 is 1. The molecule has 2 aromatic carbocycles. The predicted molar refractivity (Wildman–Crippen MR) is 129 cm³/mol. The molecule has 0 atom stereocenters. The van der Waals surface area contributed by atoms with Gasteiger partial charge in [0.15, 0.2) is 11.0 Å². The zero-order valence-corrected chi connectivity index (χ0v) is 19.1. The summed E-state index contributed by atoms with van der Waals surface area (Å²) in [7, 11) is 1.62. The van der Waals surface area contributed by atoms with Crippen molar-refractivity contribution in [2.75, 3.05) is 12.9 Å². The van der Waals surface area contributed by atoms with E-state index in [9.17, 15) is 4.79 Å². The van der Waals surface area contributed by atoms with Crippen LogP contribution < -0.4 is 10.2 Å². The minimum Gasteiger partial charge on any atom is -0.497 e. The maximum atomic E-state index is 12.3. The first kappa shape index (κ1) is 22.5. The van der Waals surface area contributed by atoms with E-state index in [0.717, 1.165) is 22.6 Å². The van der Waals surface area contributed by atoms with Crippen LogP contribution >= 0.6 is 23.4 Å². The number of ether oxygens (including phenoxy) is 1. The third kappa shape index (κ3) is 5.76. The number of hydrazone groups is 1. The van der Waals surface area contributed by atoms with Gasteiger partial charge in [-0.2, -0.15) is 5.10 Å². The average molecular weight is 479 g/mol. The smallest absolute Gasteiger partial charge is 0.250 e. The Kier molecular flexibility index (Phi) is 7.33. The van der Waals surface area contributed by atoms with Crippen LogP contribution in [0.25, 0.3) is 17.1 Å². The number of thioether (sulfide) groups is 1. The van der Waals surface area contributed by atoms with Crippen molar-refractivity contribution in [1.29, 1.82) is 0 Å². The summed E-state index contributed by atoms with van der Waals surface area (Å²) < 4.78 is 7.13. The normalized spacial score (nSPS) is 11.0. The molecule has 1 N–H and O–H groups in total. The fraction of sp³-hybridized carbons (Fsp3) is 0.0870. The number of aromatic nitrogens is 4. The Bertz CT molecular complexity index is 1240. The molecule has 0 aliphatic heterocycles. The first-order chi connectivity index (χ1) is 16.1. The Labute approximate surface area is 199 Å². The summed E-state index contributed by atoms with van der Waals surface area (Å²) in [6.07, 6.45) is 4.86. The van der Waals surface area contributed by atoms with E-state index < -0.39 is 0 Å². The highest BCUT2D eigenvalue weighted by Crippen LogP contribution is 2.29. The van der Waals surface area contributed by atoms with Crippen molar-refractivity contribution in [3.8, 4) is 22.8 Å². The lowest BCUT2D eigenvalue weighted by Crippen LogP contribution is -2.20. The third-order valence-corrected chi connectivity index (χ3v) is 5.67. The van der Waals surface area contributed by atoms with Gasteiger partial charge >= 0.3 is 0 Å². The van der Waals surface area contributed by atoms with Gasteiger partial charge in [0.25, 0.3) is 5.91 Å². The second-order valence-corrected chi connectivity index (χ2v) is 8.09. The molecule has 2 aromatic heterocycles. The monoisotopic (exact) mass is 478 g/mol. The van der Waals surface area contributed by atoms with Crippen molar-refractivity contribution in [2.45, 2.75) is 5.16 Å². The van der Waals surface area contributed by atoms with Gasteiger partial charge in [-0.05, 0) is 54.6 Å². The number of nitrogens with one attached hydrogen (secondary N) is 1. The molecule has 10 heteroatoms. The van der Waals surface area contributed by atoms with Crippen molar-refractivity contribution in [1.82, 2.24) is 25.2 Å². The van der Waals surface area contributed by atoms with Crippen LogP contribution in [0, 0.1) is 0 Å². The summed E-state index contributed by atoms with van der Waals surface area (Å²) in [4.78, 5) is 16.3. The van der Waals surface area contributed by atoms with Crippen LogP contribution in [0.2, 0.25) is 5.02 Å². The Morgan fingerprint density at radius 2 is 1.94 bits per heavy atom. The summed E-state index contributed by atoms with van der Waals surface area (Å²) >= 11 is 7.33. The summed E-state index contributed by atoms with van der Waals surface area (Å²) in [6.45, 7) is 0. The van der Waals surface area contributed by atoms with Gasteiger partial charge in [-0.3, -0.25) is 14.3 Å². The lowest BCUT2D eigenvalue weighted by Gasteiger charge is -2.11. The number of hydrogen-bond donors (Lipinski definition) is 1. The molecule has 4 aromatic rings. The molecule has 0 saturated heterocycles. The van der Waals surface area contributed by atoms with Gasteiger partial charge in [-0.25, -0.2) is 5.43 Å². The van der Waals surface area contributed by atoms with Gasteiger partial charge in [-0.15, -0.1) is 10.2 Å². The number of halogens is 1. The van der Waals surface area contributed by atoms with E-state index in [-0.39, 0.29) is 11.7 Å². The van der Waals surface area contributed by atoms with Crippen molar-refractivity contribution in [2.24, 2.45) is 5.10 Å². The van der Waals surface area contributed by atoms with Gasteiger partial charge in [0, 0.05) is 34.2 Å². The highest BCUT2D eigenvalue weighted by atomic mass is 35.5. The van der Waals surface area contributed by atoms with Crippen molar-refractivity contribution in [3.63, 3.8) is 0 Å². The first-order valence-corrected chi connectivity index (χ1v) is 11.2. The number of amides is 1. The van der Waals surface area contributed by atoms with Crippen LogP contribution in [0.1, 0.15) is 5.56 Å². The van der Waals surface area contributed by atoms with Crippen LogP contribution in [-0.2, 0) is 4.79 Å². The lowest BCUT2D eigenvalue weighted by atomic mass is 10.2.